The first-order valence-electron chi connectivity index (χ1n) is 6.57. The Hall–Kier alpha value is -0.590. The van der Waals surface area contributed by atoms with E-state index in [4.69, 9.17) is 5.26 Å². The van der Waals surface area contributed by atoms with Crippen molar-refractivity contribution in [3.63, 3.8) is 0 Å². The molecule has 3 nitrogen and oxygen atoms in total. The molecule has 0 amide bonds. The van der Waals surface area contributed by atoms with Gasteiger partial charge in [-0.1, -0.05) is 19.3 Å². The fraction of sp³-hybridized carbons (Fsp3) is 0.923. The van der Waals surface area contributed by atoms with Gasteiger partial charge in [-0.05, 0) is 25.7 Å². The van der Waals surface area contributed by atoms with E-state index in [2.05, 4.69) is 11.0 Å². The summed E-state index contributed by atoms with van der Waals surface area (Å²) < 4.78 is 0. The fourth-order valence-electron chi connectivity index (χ4n) is 2.77. The smallest absolute Gasteiger partial charge is 0.0774 e. The monoisotopic (exact) mass is 222 g/mol. The number of nitrogens with zero attached hydrogens (tertiary/aromatic N) is 2. The molecule has 0 aromatic rings. The van der Waals surface area contributed by atoms with E-state index < -0.39 is 5.60 Å². The standard InChI is InChI=1S/C13H22N2O/c14-9-4-10-15(12-5-6-12)11-13(16)7-2-1-3-8-13/h12,16H,1-8,10-11H2. The van der Waals surface area contributed by atoms with Crippen LogP contribution in [0.15, 0.2) is 0 Å². The zero-order chi connectivity index (χ0) is 11.4. The fourth-order valence-corrected chi connectivity index (χ4v) is 2.77. The Labute approximate surface area is 98.1 Å². The maximum Gasteiger partial charge on any atom is 0.0774 e. The lowest BCUT2D eigenvalue weighted by atomic mass is 9.84. The van der Waals surface area contributed by atoms with E-state index in [1.807, 2.05) is 0 Å². The molecule has 2 saturated carbocycles. The van der Waals surface area contributed by atoms with Gasteiger partial charge in [0.15, 0.2) is 0 Å². The first-order chi connectivity index (χ1) is 7.73. The van der Waals surface area contributed by atoms with E-state index in [1.54, 1.807) is 0 Å². The molecule has 3 heteroatoms. The highest BCUT2D eigenvalue weighted by Crippen LogP contribution is 2.33. The topological polar surface area (TPSA) is 47.3 Å². The molecule has 0 unspecified atom stereocenters. The minimum absolute atomic E-state index is 0.462. The Kier molecular flexibility index (Phi) is 3.83. The average molecular weight is 222 g/mol. The van der Waals surface area contributed by atoms with Crippen molar-refractivity contribution in [2.24, 2.45) is 0 Å². The van der Waals surface area contributed by atoms with Crippen molar-refractivity contribution in [3.8, 4) is 6.07 Å². The third-order valence-electron chi connectivity index (χ3n) is 3.86. The molecule has 1 N–H and O–H groups in total. The quantitative estimate of drug-likeness (QED) is 0.774. The van der Waals surface area contributed by atoms with Gasteiger partial charge in [-0.3, -0.25) is 4.90 Å². The predicted octanol–water partition coefficient (Wildman–Crippen LogP) is 2.06. The van der Waals surface area contributed by atoms with Crippen LogP contribution >= 0.6 is 0 Å². The van der Waals surface area contributed by atoms with Gasteiger partial charge in [0.2, 0.25) is 0 Å². The maximum absolute atomic E-state index is 10.5. The average Bonchev–Trinajstić information content (AvgIpc) is 3.09. The minimum atomic E-state index is -0.462. The third-order valence-corrected chi connectivity index (χ3v) is 3.86. The van der Waals surface area contributed by atoms with Crippen LogP contribution in [0.1, 0.15) is 51.4 Å². The Balaban J connectivity index is 1.86. The van der Waals surface area contributed by atoms with Crippen LogP contribution in [0.25, 0.3) is 0 Å². The summed E-state index contributed by atoms with van der Waals surface area (Å²) in [7, 11) is 0. The zero-order valence-corrected chi connectivity index (χ0v) is 9.99. The summed E-state index contributed by atoms with van der Waals surface area (Å²) in [6, 6.07) is 2.86. The molecule has 0 heterocycles. The van der Waals surface area contributed by atoms with Crippen molar-refractivity contribution in [2.45, 2.75) is 63.0 Å². The second-order valence-corrected chi connectivity index (χ2v) is 5.39. The summed E-state index contributed by atoms with van der Waals surface area (Å²) in [6.07, 6.45) is 8.57. The second-order valence-electron chi connectivity index (χ2n) is 5.39. The molecule has 2 fully saturated rings. The van der Waals surface area contributed by atoms with E-state index in [1.165, 1.54) is 19.3 Å². The normalized spacial score (nSPS) is 24.3. The lowest BCUT2D eigenvalue weighted by Gasteiger charge is -2.37. The van der Waals surface area contributed by atoms with Gasteiger partial charge >= 0.3 is 0 Å². The van der Waals surface area contributed by atoms with E-state index in [0.29, 0.717) is 12.5 Å². The molecule has 0 spiro atoms. The summed E-state index contributed by atoms with van der Waals surface area (Å²) in [5.41, 5.74) is -0.462. The van der Waals surface area contributed by atoms with Gasteiger partial charge in [0.25, 0.3) is 0 Å². The molecular weight excluding hydrogens is 200 g/mol. The van der Waals surface area contributed by atoms with Crippen LogP contribution in [0.3, 0.4) is 0 Å². The van der Waals surface area contributed by atoms with Crippen LogP contribution in [0.4, 0.5) is 0 Å². The Morgan fingerprint density at radius 1 is 1.25 bits per heavy atom. The third kappa shape index (κ3) is 3.20. The van der Waals surface area contributed by atoms with Gasteiger partial charge in [0, 0.05) is 25.6 Å². The summed E-state index contributed by atoms with van der Waals surface area (Å²) in [5.74, 6) is 0. The largest absolute Gasteiger partial charge is 0.389 e. The van der Waals surface area contributed by atoms with Gasteiger partial charge in [-0.25, -0.2) is 0 Å². The van der Waals surface area contributed by atoms with Gasteiger partial charge in [0.1, 0.15) is 0 Å². The van der Waals surface area contributed by atoms with Crippen LogP contribution in [0, 0.1) is 11.3 Å². The molecule has 0 aromatic carbocycles. The Morgan fingerprint density at radius 2 is 1.94 bits per heavy atom. The van der Waals surface area contributed by atoms with Crippen molar-refractivity contribution in [1.29, 1.82) is 5.26 Å². The first-order valence-corrected chi connectivity index (χ1v) is 6.57. The summed E-state index contributed by atoms with van der Waals surface area (Å²) in [5, 5.41) is 19.1. The van der Waals surface area contributed by atoms with Crippen molar-refractivity contribution >= 4 is 0 Å². The van der Waals surface area contributed by atoms with Gasteiger partial charge in [-0.2, -0.15) is 5.26 Å². The molecule has 2 aliphatic rings. The highest BCUT2D eigenvalue weighted by molar-refractivity contribution is 4.93. The van der Waals surface area contributed by atoms with E-state index >= 15 is 0 Å². The molecule has 0 aliphatic heterocycles. The molecule has 0 saturated heterocycles. The van der Waals surface area contributed by atoms with E-state index in [0.717, 1.165) is 38.8 Å². The van der Waals surface area contributed by atoms with Crippen molar-refractivity contribution in [1.82, 2.24) is 4.90 Å². The van der Waals surface area contributed by atoms with Gasteiger partial charge in [-0.15, -0.1) is 0 Å². The van der Waals surface area contributed by atoms with E-state index in [-0.39, 0.29) is 0 Å². The number of aliphatic hydroxyl groups is 1. The number of hydrogen-bond donors (Lipinski definition) is 1. The van der Waals surface area contributed by atoms with Crippen LogP contribution in [0.5, 0.6) is 0 Å². The van der Waals surface area contributed by atoms with Crippen LogP contribution < -0.4 is 0 Å². The lowest BCUT2D eigenvalue weighted by Crippen LogP contribution is -2.45. The SMILES string of the molecule is N#CCCN(CC1(O)CCCCC1)C1CC1. The van der Waals surface area contributed by atoms with Crippen molar-refractivity contribution in [2.75, 3.05) is 13.1 Å². The molecule has 0 atom stereocenters. The van der Waals surface area contributed by atoms with Crippen LogP contribution in [0.2, 0.25) is 0 Å². The Morgan fingerprint density at radius 3 is 2.50 bits per heavy atom. The molecule has 16 heavy (non-hydrogen) atoms. The Bertz CT molecular complexity index is 262. The van der Waals surface area contributed by atoms with Crippen LogP contribution in [-0.2, 0) is 0 Å². The highest BCUT2D eigenvalue weighted by Gasteiger charge is 2.36. The van der Waals surface area contributed by atoms with Gasteiger partial charge < -0.3 is 5.11 Å². The molecule has 2 aliphatic carbocycles. The number of nitriles is 1. The summed E-state index contributed by atoms with van der Waals surface area (Å²) in [4.78, 5) is 2.34. The number of rotatable bonds is 5. The lowest BCUT2D eigenvalue weighted by molar-refractivity contribution is -0.0277. The summed E-state index contributed by atoms with van der Waals surface area (Å²) >= 11 is 0. The maximum atomic E-state index is 10.5. The zero-order valence-electron chi connectivity index (χ0n) is 9.99. The number of hydrogen-bond acceptors (Lipinski definition) is 3. The molecule has 0 aromatic heterocycles. The molecule has 0 radical (unpaired) electrons. The molecule has 90 valence electrons. The molecule has 0 bridgehead atoms. The molecular formula is C13H22N2O. The van der Waals surface area contributed by atoms with Crippen LogP contribution in [-0.4, -0.2) is 34.7 Å². The minimum Gasteiger partial charge on any atom is -0.389 e. The second kappa shape index (κ2) is 5.16. The van der Waals surface area contributed by atoms with Crippen molar-refractivity contribution < 1.29 is 5.11 Å². The first kappa shape index (κ1) is 11.9. The highest BCUT2D eigenvalue weighted by atomic mass is 16.3. The van der Waals surface area contributed by atoms with Gasteiger partial charge in [0.05, 0.1) is 11.7 Å². The molecule has 2 rings (SSSR count). The predicted molar refractivity (Wildman–Crippen MR) is 62.9 cm³/mol. The van der Waals surface area contributed by atoms with E-state index in [9.17, 15) is 5.11 Å². The summed E-state index contributed by atoms with van der Waals surface area (Å²) in [6.45, 7) is 1.63. The van der Waals surface area contributed by atoms with Crippen molar-refractivity contribution in [3.05, 3.63) is 0 Å².